The highest BCUT2D eigenvalue weighted by molar-refractivity contribution is 7.09. The second-order valence-corrected chi connectivity index (χ2v) is 9.60. The third-order valence-electron chi connectivity index (χ3n) is 6.21. The second kappa shape index (κ2) is 10.2. The molecule has 0 spiro atoms. The Kier molecular flexibility index (Phi) is 6.67. The average Bonchev–Trinajstić information content (AvgIpc) is 3.40. The maximum absolute atomic E-state index is 13.6. The van der Waals surface area contributed by atoms with Crippen LogP contribution in [0.4, 0.5) is 5.82 Å². The highest BCUT2D eigenvalue weighted by Gasteiger charge is 2.28. The van der Waals surface area contributed by atoms with Crippen LogP contribution in [-0.4, -0.2) is 40.1 Å². The Morgan fingerprint density at radius 2 is 2.00 bits per heavy atom. The number of hydrogen-bond donors (Lipinski definition) is 1. The van der Waals surface area contributed by atoms with Crippen LogP contribution in [0.1, 0.15) is 23.3 Å². The van der Waals surface area contributed by atoms with E-state index in [1.807, 2.05) is 58.8 Å². The number of amides is 1. The lowest BCUT2D eigenvalue weighted by molar-refractivity contribution is -0.125. The maximum Gasteiger partial charge on any atom is 0.295 e. The van der Waals surface area contributed by atoms with Gasteiger partial charge in [-0.05, 0) is 48.4 Å². The fourth-order valence-corrected chi connectivity index (χ4v) is 5.18. The van der Waals surface area contributed by atoms with Crippen molar-refractivity contribution in [1.29, 1.82) is 0 Å². The molecule has 0 bridgehead atoms. The lowest BCUT2D eigenvalue weighted by atomic mass is 9.97. The largest absolute Gasteiger partial charge is 0.355 e. The van der Waals surface area contributed by atoms with Crippen molar-refractivity contribution in [2.45, 2.75) is 25.8 Å². The monoisotopic (exact) mass is 473 g/mol. The van der Waals surface area contributed by atoms with E-state index in [2.05, 4.69) is 16.4 Å². The van der Waals surface area contributed by atoms with Crippen molar-refractivity contribution in [1.82, 2.24) is 19.9 Å². The lowest BCUT2D eigenvalue weighted by Crippen LogP contribution is -2.46. The van der Waals surface area contributed by atoms with Gasteiger partial charge in [-0.2, -0.15) is 0 Å². The predicted octanol–water partition coefficient (Wildman–Crippen LogP) is 3.48. The molecular formula is C26H27N5O2S. The van der Waals surface area contributed by atoms with Crippen LogP contribution in [0.5, 0.6) is 0 Å². The van der Waals surface area contributed by atoms with E-state index in [1.54, 1.807) is 22.1 Å². The number of aromatic nitrogens is 3. The summed E-state index contributed by atoms with van der Waals surface area (Å²) in [4.78, 5) is 38.8. The van der Waals surface area contributed by atoms with Crippen molar-refractivity contribution in [2.24, 2.45) is 5.92 Å². The van der Waals surface area contributed by atoms with Crippen LogP contribution < -0.4 is 15.8 Å². The molecule has 3 aromatic heterocycles. The Hall–Kier alpha value is -3.52. The van der Waals surface area contributed by atoms with Gasteiger partial charge in [-0.3, -0.25) is 14.2 Å². The minimum atomic E-state index is -0.172. The Morgan fingerprint density at radius 3 is 2.82 bits per heavy atom. The summed E-state index contributed by atoms with van der Waals surface area (Å²) < 4.78 is 1.69. The summed E-state index contributed by atoms with van der Waals surface area (Å²) in [5.41, 5.74) is 2.10. The van der Waals surface area contributed by atoms with Gasteiger partial charge in [0.15, 0.2) is 11.5 Å². The molecule has 4 aromatic rings. The molecule has 1 aliphatic rings. The van der Waals surface area contributed by atoms with Gasteiger partial charge in [0.2, 0.25) is 5.91 Å². The quantitative estimate of drug-likeness (QED) is 0.445. The molecule has 5 rings (SSSR count). The van der Waals surface area contributed by atoms with Gasteiger partial charge in [0.05, 0.1) is 12.5 Å². The van der Waals surface area contributed by atoms with Crippen LogP contribution in [0.25, 0.3) is 11.2 Å². The minimum absolute atomic E-state index is 0.0494. The zero-order valence-electron chi connectivity index (χ0n) is 18.9. The first-order chi connectivity index (χ1) is 16.7. The summed E-state index contributed by atoms with van der Waals surface area (Å²) in [5.74, 6) is 0.284. The van der Waals surface area contributed by atoms with Crippen LogP contribution in [0, 0.1) is 5.92 Å². The molecule has 1 N–H and O–H groups in total. The molecule has 7 nitrogen and oxygen atoms in total. The minimum Gasteiger partial charge on any atom is -0.355 e. The summed E-state index contributed by atoms with van der Waals surface area (Å²) in [6.45, 7) is 2.24. The first-order valence-corrected chi connectivity index (χ1v) is 12.5. The molecule has 4 heterocycles. The number of rotatable bonds is 7. The number of benzene rings is 1. The summed E-state index contributed by atoms with van der Waals surface area (Å²) in [7, 11) is 0. The first-order valence-electron chi connectivity index (χ1n) is 11.6. The fourth-order valence-electron chi connectivity index (χ4n) is 4.47. The van der Waals surface area contributed by atoms with Crippen LogP contribution >= 0.6 is 11.3 Å². The highest BCUT2D eigenvalue weighted by atomic mass is 32.1. The molecule has 0 radical (unpaired) electrons. The van der Waals surface area contributed by atoms with E-state index in [0.717, 1.165) is 24.8 Å². The topological polar surface area (TPSA) is 80.1 Å². The molecule has 1 amide bonds. The molecule has 174 valence electrons. The molecule has 1 saturated heterocycles. The van der Waals surface area contributed by atoms with Gasteiger partial charge in [-0.25, -0.2) is 9.97 Å². The third kappa shape index (κ3) is 4.87. The fraction of sp³-hybridized carbons (Fsp3) is 0.308. The predicted molar refractivity (Wildman–Crippen MR) is 135 cm³/mol. The standard InChI is InChI=1S/C26H27N5O2S/c32-25(28-14-12-21-10-6-16-34-21)20-9-5-15-30(18-20)24-26(33)31(17-19-7-2-1-3-8-19)23-22(29-24)11-4-13-27-23/h1-4,6-8,10-11,13,16,20H,5,9,12,14-15,17-18H2,(H,28,32)/t20-/m1/s1. The molecule has 1 aliphatic heterocycles. The number of fused-ring (bicyclic) bond motifs is 1. The lowest BCUT2D eigenvalue weighted by Gasteiger charge is -2.32. The molecule has 1 aromatic carbocycles. The van der Waals surface area contributed by atoms with E-state index in [-0.39, 0.29) is 17.4 Å². The number of carbonyl (C=O) groups excluding carboxylic acids is 1. The number of hydrogen-bond acceptors (Lipinski definition) is 6. The molecular weight excluding hydrogens is 446 g/mol. The van der Waals surface area contributed by atoms with E-state index in [1.165, 1.54) is 4.88 Å². The van der Waals surface area contributed by atoms with Gasteiger partial charge in [0, 0.05) is 30.7 Å². The van der Waals surface area contributed by atoms with E-state index in [4.69, 9.17) is 4.98 Å². The SMILES string of the molecule is O=C(NCCc1cccs1)[C@@H]1CCCN(c2nc3cccnc3n(Cc3ccccc3)c2=O)C1. The summed E-state index contributed by atoms with van der Waals surface area (Å²) in [6, 6.07) is 17.7. The highest BCUT2D eigenvalue weighted by Crippen LogP contribution is 2.22. The van der Waals surface area contributed by atoms with Crippen molar-refractivity contribution in [3.63, 3.8) is 0 Å². The van der Waals surface area contributed by atoms with Gasteiger partial charge < -0.3 is 10.2 Å². The van der Waals surface area contributed by atoms with Crippen molar-refractivity contribution < 1.29 is 4.79 Å². The molecule has 0 saturated carbocycles. The maximum atomic E-state index is 13.6. The zero-order chi connectivity index (χ0) is 23.3. The second-order valence-electron chi connectivity index (χ2n) is 8.56. The van der Waals surface area contributed by atoms with Gasteiger partial charge in [0.25, 0.3) is 5.56 Å². The van der Waals surface area contributed by atoms with Gasteiger partial charge >= 0.3 is 0 Å². The number of nitrogens with zero attached hydrogens (tertiary/aromatic N) is 4. The molecule has 0 aliphatic carbocycles. The summed E-state index contributed by atoms with van der Waals surface area (Å²) in [5, 5.41) is 5.13. The van der Waals surface area contributed by atoms with Crippen molar-refractivity contribution in [2.75, 3.05) is 24.5 Å². The summed E-state index contributed by atoms with van der Waals surface area (Å²) in [6.07, 6.45) is 4.17. The third-order valence-corrected chi connectivity index (χ3v) is 7.15. The van der Waals surface area contributed by atoms with Gasteiger partial charge in [-0.1, -0.05) is 36.4 Å². The normalized spacial score (nSPS) is 16.0. The first kappa shape index (κ1) is 22.3. The van der Waals surface area contributed by atoms with E-state index < -0.39 is 0 Å². The number of nitrogens with one attached hydrogen (secondary N) is 1. The van der Waals surface area contributed by atoms with Crippen LogP contribution in [0.15, 0.2) is 71.0 Å². The van der Waals surface area contributed by atoms with Crippen molar-refractivity contribution in [3.8, 4) is 0 Å². The van der Waals surface area contributed by atoms with Crippen molar-refractivity contribution >= 4 is 34.2 Å². The number of carbonyl (C=O) groups is 1. The molecule has 34 heavy (non-hydrogen) atoms. The zero-order valence-corrected chi connectivity index (χ0v) is 19.7. The number of anilines is 1. The van der Waals surface area contributed by atoms with E-state index in [9.17, 15) is 9.59 Å². The van der Waals surface area contributed by atoms with Crippen LogP contribution in [0.2, 0.25) is 0 Å². The van der Waals surface area contributed by atoms with Crippen LogP contribution in [-0.2, 0) is 17.8 Å². The molecule has 1 fully saturated rings. The average molecular weight is 474 g/mol. The van der Waals surface area contributed by atoms with Crippen molar-refractivity contribution in [3.05, 3.63) is 87.0 Å². The Balaban J connectivity index is 1.37. The van der Waals surface area contributed by atoms with Crippen LogP contribution in [0.3, 0.4) is 0 Å². The van der Waals surface area contributed by atoms with Gasteiger partial charge in [-0.15, -0.1) is 11.3 Å². The number of thiophene rings is 1. The Morgan fingerprint density at radius 1 is 1.12 bits per heavy atom. The van der Waals surface area contributed by atoms with E-state index >= 15 is 0 Å². The molecule has 0 unspecified atom stereocenters. The summed E-state index contributed by atoms with van der Waals surface area (Å²) >= 11 is 1.70. The Bertz CT molecular complexity index is 1320. The molecule has 1 atom stereocenters. The molecule has 8 heteroatoms. The number of piperidine rings is 1. The smallest absolute Gasteiger partial charge is 0.295 e. The number of pyridine rings is 1. The van der Waals surface area contributed by atoms with Gasteiger partial charge in [0.1, 0.15) is 5.52 Å². The van der Waals surface area contributed by atoms with E-state index in [0.29, 0.717) is 43.2 Å². The Labute approximate surface area is 202 Å².